The van der Waals surface area contributed by atoms with Crippen LogP contribution in [0.2, 0.25) is 0 Å². The van der Waals surface area contributed by atoms with Crippen LogP contribution in [0.25, 0.3) is 0 Å². The van der Waals surface area contributed by atoms with Crippen molar-refractivity contribution < 1.29 is 4.74 Å². The quantitative estimate of drug-likeness (QED) is 0.720. The molecule has 1 fully saturated rings. The van der Waals surface area contributed by atoms with E-state index in [9.17, 15) is 0 Å². The molecular weight excluding hydrogens is 254 g/mol. The van der Waals surface area contributed by atoms with Crippen LogP contribution >= 0.6 is 0 Å². The molecule has 0 aromatic carbocycles. The van der Waals surface area contributed by atoms with E-state index in [0.29, 0.717) is 12.6 Å². The fraction of sp³-hybridized carbons (Fsp3) is 0.857. The summed E-state index contributed by atoms with van der Waals surface area (Å²) in [6.07, 6.45) is 6.33. The van der Waals surface area contributed by atoms with Crippen molar-refractivity contribution in [2.24, 2.45) is 5.73 Å². The van der Waals surface area contributed by atoms with Gasteiger partial charge in [-0.15, -0.1) is 0 Å². The van der Waals surface area contributed by atoms with E-state index in [4.69, 9.17) is 10.5 Å². The normalized spacial score (nSPS) is 17.7. The van der Waals surface area contributed by atoms with Crippen molar-refractivity contribution in [3.8, 4) is 0 Å². The zero-order chi connectivity index (χ0) is 14.2. The SMILES string of the molecule is CCCn1ncnc1CN1CCC(OCCCN)CC1. The van der Waals surface area contributed by atoms with Crippen LogP contribution in [0.1, 0.15) is 38.4 Å². The van der Waals surface area contributed by atoms with Gasteiger partial charge in [-0.1, -0.05) is 6.92 Å². The molecular formula is C14H27N5O. The molecule has 0 amide bonds. The third kappa shape index (κ3) is 4.54. The first-order valence-electron chi connectivity index (χ1n) is 7.74. The fourth-order valence-electron chi connectivity index (χ4n) is 2.58. The molecule has 0 saturated carbocycles. The Morgan fingerprint density at radius 1 is 1.40 bits per heavy atom. The summed E-state index contributed by atoms with van der Waals surface area (Å²) >= 11 is 0. The highest BCUT2D eigenvalue weighted by atomic mass is 16.5. The molecule has 6 nitrogen and oxygen atoms in total. The first-order chi connectivity index (χ1) is 9.83. The Morgan fingerprint density at radius 3 is 2.90 bits per heavy atom. The Kier molecular flexibility index (Phi) is 6.42. The molecule has 0 unspecified atom stereocenters. The molecule has 0 atom stereocenters. The topological polar surface area (TPSA) is 69.2 Å². The van der Waals surface area contributed by atoms with E-state index < -0.39 is 0 Å². The van der Waals surface area contributed by atoms with Gasteiger partial charge in [-0.25, -0.2) is 9.67 Å². The molecule has 0 bridgehead atoms. The Morgan fingerprint density at radius 2 is 2.20 bits per heavy atom. The van der Waals surface area contributed by atoms with Crippen molar-refractivity contribution in [1.29, 1.82) is 0 Å². The number of rotatable bonds is 8. The van der Waals surface area contributed by atoms with Crippen molar-refractivity contribution >= 4 is 0 Å². The lowest BCUT2D eigenvalue weighted by molar-refractivity contribution is 0.00491. The second kappa shape index (κ2) is 8.34. The smallest absolute Gasteiger partial charge is 0.141 e. The fourth-order valence-corrected chi connectivity index (χ4v) is 2.58. The molecule has 1 aromatic heterocycles. The molecule has 0 aliphatic carbocycles. The van der Waals surface area contributed by atoms with E-state index in [1.807, 2.05) is 4.68 Å². The number of hydrogen-bond donors (Lipinski definition) is 1. The number of likely N-dealkylation sites (tertiary alicyclic amines) is 1. The Hall–Kier alpha value is -0.980. The third-order valence-corrected chi connectivity index (χ3v) is 3.73. The average molecular weight is 281 g/mol. The highest BCUT2D eigenvalue weighted by Gasteiger charge is 2.20. The van der Waals surface area contributed by atoms with Crippen molar-refractivity contribution in [1.82, 2.24) is 19.7 Å². The second-order valence-electron chi connectivity index (χ2n) is 5.39. The van der Waals surface area contributed by atoms with Crippen molar-refractivity contribution in [3.63, 3.8) is 0 Å². The van der Waals surface area contributed by atoms with Crippen LogP contribution in [0.4, 0.5) is 0 Å². The molecule has 1 aliphatic heterocycles. The summed E-state index contributed by atoms with van der Waals surface area (Å²) in [6, 6.07) is 0. The molecule has 2 rings (SSSR count). The Balaban J connectivity index is 1.72. The zero-order valence-electron chi connectivity index (χ0n) is 12.5. The van der Waals surface area contributed by atoms with Gasteiger partial charge in [0.25, 0.3) is 0 Å². The largest absolute Gasteiger partial charge is 0.378 e. The van der Waals surface area contributed by atoms with Gasteiger partial charge in [0.15, 0.2) is 0 Å². The van der Waals surface area contributed by atoms with E-state index in [1.54, 1.807) is 6.33 Å². The van der Waals surface area contributed by atoms with Crippen LogP contribution in [0.3, 0.4) is 0 Å². The number of aryl methyl sites for hydroxylation is 1. The van der Waals surface area contributed by atoms with Crippen LogP contribution in [0.5, 0.6) is 0 Å². The lowest BCUT2D eigenvalue weighted by atomic mass is 10.1. The number of nitrogens with zero attached hydrogens (tertiary/aromatic N) is 4. The lowest BCUT2D eigenvalue weighted by Gasteiger charge is -2.31. The maximum Gasteiger partial charge on any atom is 0.141 e. The number of piperidine rings is 1. The molecule has 0 radical (unpaired) electrons. The molecule has 1 saturated heterocycles. The first-order valence-corrected chi connectivity index (χ1v) is 7.74. The van der Waals surface area contributed by atoms with E-state index >= 15 is 0 Å². The number of nitrogens with two attached hydrogens (primary N) is 1. The van der Waals surface area contributed by atoms with Gasteiger partial charge in [-0.3, -0.25) is 4.90 Å². The molecule has 1 aliphatic rings. The van der Waals surface area contributed by atoms with Crippen LogP contribution < -0.4 is 5.73 Å². The first kappa shape index (κ1) is 15.4. The molecule has 114 valence electrons. The van der Waals surface area contributed by atoms with Crippen molar-refractivity contribution in [2.45, 2.75) is 51.8 Å². The van der Waals surface area contributed by atoms with E-state index in [1.165, 1.54) is 0 Å². The van der Waals surface area contributed by atoms with Gasteiger partial charge in [0, 0.05) is 26.2 Å². The number of aromatic nitrogens is 3. The summed E-state index contributed by atoms with van der Waals surface area (Å²) in [5.41, 5.74) is 5.48. The van der Waals surface area contributed by atoms with Gasteiger partial charge >= 0.3 is 0 Å². The maximum absolute atomic E-state index is 5.83. The molecule has 1 aromatic rings. The van der Waals surface area contributed by atoms with E-state index in [-0.39, 0.29) is 0 Å². The summed E-state index contributed by atoms with van der Waals surface area (Å²) in [7, 11) is 0. The maximum atomic E-state index is 5.83. The predicted octanol–water partition coefficient (Wildman–Crippen LogP) is 1.02. The van der Waals surface area contributed by atoms with Crippen molar-refractivity contribution in [3.05, 3.63) is 12.2 Å². The Labute approximate surface area is 121 Å². The molecule has 6 heteroatoms. The summed E-state index contributed by atoms with van der Waals surface area (Å²) in [5, 5.41) is 4.28. The van der Waals surface area contributed by atoms with Gasteiger partial charge in [0.05, 0.1) is 12.6 Å². The van der Waals surface area contributed by atoms with Crippen molar-refractivity contribution in [2.75, 3.05) is 26.2 Å². The monoisotopic (exact) mass is 281 g/mol. The van der Waals surface area contributed by atoms with E-state index in [0.717, 1.165) is 64.3 Å². The van der Waals surface area contributed by atoms with Crippen LogP contribution in [0.15, 0.2) is 6.33 Å². The summed E-state index contributed by atoms with van der Waals surface area (Å²) in [6.45, 7) is 7.68. The predicted molar refractivity (Wildman–Crippen MR) is 78.2 cm³/mol. The van der Waals surface area contributed by atoms with Gasteiger partial charge < -0.3 is 10.5 Å². The lowest BCUT2D eigenvalue weighted by Crippen LogP contribution is -2.37. The summed E-state index contributed by atoms with van der Waals surface area (Å²) in [4.78, 5) is 6.82. The number of hydrogen-bond acceptors (Lipinski definition) is 5. The van der Waals surface area contributed by atoms with Gasteiger partial charge in [-0.2, -0.15) is 5.10 Å². The van der Waals surface area contributed by atoms with E-state index in [2.05, 4.69) is 21.9 Å². The highest BCUT2D eigenvalue weighted by Crippen LogP contribution is 2.15. The molecule has 2 heterocycles. The summed E-state index contributed by atoms with van der Waals surface area (Å²) in [5.74, 6) is 1.08. The number of ether oxygens (including phenoxy) is 1. The molecule has 20 heavy (non-hydrogen) atoms. The van der Waals surface area contributed by atoms with Gasteiger partial charge in [0.2, 0.25) is 0 Å². The minimum absolute atomic E-state index is 0.409. The van der Waals surface area contributed by atoms with Crippen LogP contribution in [-0.2, 0) is 17.8 Å². The molecule has 0 spiro atoms. The van der Waals surface area contributed by atoms with Crippen LogP contribution in [-0.4, -0.2) is 52.0 Å². The third-order valence-electron chi connectivity index (χ3n) is 3.73. The standard InChI is InChI=1S/C14H27N5O/c1-2-7-19-14(16-12-17-19)11-18-8-4-13(5-9-18)20-10-3-6-15/h12-13H,2-11,15H2,1H3. The second-order valence-corrected chi connectivity index (χ2v) is 5.39. The zero-order valence-corrected chi connectivity index (χ0v) is 12.5. The Bertz CT molecular complexity index is 373. The average Bonchev–Trinajstić information content (AvgIpc) is 2.89. The van der Waals surface area contributed by atoms with Crippen LogP contribution in [0, 0.1) is 0 Å². The summed E-state index contributed by atoms with van der Waals surface area (Å²) < 4.78 is 7.85. The minimum Gasteiger partial charge on any atom is -0.378 e. The van der Waals surface area contributed by atoms with Gasteiger partial charge in [0.1, 0.15) is 12.2 Å². The highest BCUT2D eigenvalue weighted by molar-refractivity contribution is 4.86. The minimum atomic E-state index is 0.409. The molecule has 2 N–H and O–H groups in total. The van der Waals surface area contributed by atoms with Gasteiger partial charge in [-0.05, 0) is 32.2 Å².